The maximum absolute atomic E-state index is 14.0. The van der Waals surface area contributed by atoms with E-state index in [-0.39, 0.29) is 17.3 Å². The van der Waals surface area contributed by atoms with Gasteiger partial charge < -0.3 is 15.5 Å². The van der Waals surface area contributed by atoms with Crippen LogP contribution in [0.3, 0.4) is 0 Å². The number of hydrogen-bond acceptors (Lipinski definition) is 5. The highest BCUT2D eigenvalue weighted by Gasteiger charge is 2.14. The number of amides is 1. The number of nitrogens with zero attached hydrogens (tertiary/aromatic N) is 3. The second-order valence-electron chi connectivity index (χ2n) is 6.85. The number of nitrogens with one attached hydrogen (secondary N) is 2. The first-order valence-electron chi connectivity index (χ1n) is 9.42. The predicted octanol–water partition coefficient (Wildman–Crippen LogP) is 3.71. The molecule has 0 bridgehead atoms. The molecule has 6 nitrogen and oxygen atoms in total. The Hall–Kier alpha value is -3.32. The van der Waals surface area contributed by atoms with Crippen molar-refractivity contribution in [1.29, 1.82) is 0 Å². The van der Waals surface area contributed by atoms with Crippen molar-refractivity contribution in [3.63, 3.8) is 0 Å². The highest BCUT2D eigenvalue weighted by Crippen LogP contribution is 2.22. The lowest BCUT2D eigenvalue weighted by Gasteiger charge is -2.12. The first kappa shape index (κ1) is 20.4. The quantitative estimate of drug-likeness (QED) is 0.571. The number of halogens is 1. The molecule has 3 aromatic rings. The van der Waals surface area contributed by atoms with E-state index in [9.17, 15) is 9.18 Å². The second kappa shape index (κ2) is 9.75. The van der Waals surface area contributed by atoms with Gasteiger partial charge >= 0.3 is 0 Å². The van der Waals surface area contributed by atoms with Crippen LogP contribution in [-0.4, -0.2) is 48.0 Å². The minimum atomic E-state index is -0.401. The Morgan fingerprint density at radius 3 is 2.48 bits per heavy atom. The summed E-state index contributed by atoms with van der Waals surface area (Å²) in [5, 5.41) is 5.82. The maximum atomic E-state index is 14.0. The second-order valence-corrected chi connectivity index (χ2v) is 6.85. The monoisotopic (exact) mass is 393 g/mol. The van der Waals surface area contributed by atoms with Crippen molar-refractivity contribution in [2.75, 3.05) is 32.5 Å². The van der Waals surface area contributed by atoms with Crippen LogP contribution in [-0.2, 0) is 0 Å². The first-order chi connectivity index (χ1) is 14.0. The lowest BCUT2D eigenvalue weighted by atomic mass is 10.2. The van der Waals surface area contributed by atoms with Crippen LogP contribution in [0.4, 0.5) is 15.9 Å². The zero-order chi connectivity index (χ0) is 20.6. The minimum Gasteiger partial charge on any atom is -0.351 e. The Morgan fingerprint density at radius 1 is 1.03 bits per heavy atom. The summed E-state index contributed by atoms with van der Waals surface area (Å²) in [6.45, 7) is 1.41. The molecule has 1 aromatic heterocycles. The Bertz CT molecular complexity index is 962. The number of anilines is 2. The lowest BCUT2D eigenvalue weighted by Crippen LogP contribution is -2.28. The van der Waals surface area contributed by atoms with Gasteiger partial charge in [-0.25, -0.2) is 14.4 Å². The molecule has 2 aromatic carbocycles. The van der Waals surface area contributed by atoms with E-state index in [0.717, 1.165) is 18.5 Å². The first-order valence-corrected chi connectivity index (χ1v) is 9.42. The van der Waals surface area contributed by atoms with Gasteiger partial charge in [0.15, 0.2) is 5.82 Å². The normalized spacial score (nSPS) is 10.8. The van der Waals surface area contributed by atoms with Crippen molar-refractivity contribution < 1.29 is 9.18 Å². The van der Waals surface area contributed by atoms with Crippen LogP contribution in [0.25, 0.3) is 11.4 Å². The van der Waals surface area contributed by atoms with Crippen LogP contribution in [0, 0.1) is 5.82 Å². The molecule has 1 heterocycles. The number of rotatable bonds is 8. The molecule has 1 amide bonds. The molecular formula is C22H24FN5O. The smallest absolute Gasteiger partial charge is 0.270 e. The summed E-state index contributed by atoms with van der Waals surface area (Å²) in [7, 11) is 3.97. The van der Waals surface area contributed by atoms with E-state index in [1.165, 1.54) is 12.1 Å². The fourth-order valence-electron chi connectivity index (χ4n) is 2.73. The Morgan fingerprint density at radius 2 is 1.76 bits per heavy atom. The molecule has 0 aliphatic carbocycles. The van der Waals surface area contributed by atoms with Crippen LogP contribution in [0.2, 0.25) is 0 Å². The summed E-state index contributed by atoms with van der Waals surface area (Å²) in [5.74, 6) is 0.0507. The molecule has 0 aliphatic heterocycles. The average molecular weight is 393 g/mol. The number of aromatic nitrogens is 2. The zero-order valence-corrected chi connectivity index (χ0v) is 16.5. The van der Waals surface area contributed by atoms with Gasteiger partial charge in [0.1, 0.15) is 17.3 Å². The number of carbonyl (C=O) groups excluding carboxylic acids is 1. The summed E-state index contributed by atoms with van der Waals surface area (Å²) in [4.78, 5) is 23.6. The molecule has 0 spiro atoms. The molecule has 0 saturated carbocycles. The number of carbonyl (C=O) groups is 1. The topological polar surface area (TPSA) is 70.2 Å². The van der Waals surface area contributed by atoms with Crippen LogP contribution < -0.4 is 10.6 Å². The molecule has 0 aliphatic rings. The molecule has 0 radical (unpaired) electrons. The average Bonchev–Trinajstić information content (AvgIpc) is 2.73. The van der Waals surface area contributed by atoms with E-state index in [0.29, 0.717) is 18.2 Å². The van der Waals surface area contributed by atoms with E-state index in [1.807, 2.05) is 44.4 Å². The van der Waals surface area contributed by atoms with Gasteiger partial charge in [-0.2, -0.15) is 0 Å². The van der Waals surface area contributed by atoms with E-state index in [1.54, 1.807) is 18.2 Å². The van der Waals surface area contributed by atoms with Gasteiger partial charge in [-0.1, -0.05) is 42.5 Å². The number of benzene rings is 2. The standard InChI is InChI=1S/C22H24FN5O/c1-28(2)14-8-13-24-22(29)19-15-20(25-18-12-7-6-11-17(18)23)27-21(26-19)16-9-4-3-5-10-16/h3-7,9-12,15H,8,13-14H2,1-2H3,(H,24,29)(H,25,26,27). The van der Waals surface area contributed by atoms with Crippen molar-refractivity contribution in [2.45, 2.75) is 6.42 Å². The number of para-hydroxylation sites is 1. The van der Waals surface area contributed by atoms with Gasteiger partial charge in [0.25, 0.3) is 5.91 Å². The number of hydrogen-bond donors (Lipinski definition) is 2. The molecular weight excluding hydrogens is 369 g/mol. The van der Waals surface area contributed by atoms with Crippen LogP contribution in [0.1, 0.15) is 16.9 Å². The Kier molecular flexibility index (Phi) is 6.86. The van der Waals surface area contributed by atoms with Crippen molar-refractivity contribution >= 4 is 17.4 Å². The zero-order valence-electron chi connectivity index (χ0n) is 16.5. The summed E-state index contributed by atoms with van der Waals surface area (Å²) in [6, 6.07) is 17.2. The highest BCUT2D eigenvalue weighted by molar-refractivity contribution is 5.93. The summed E-state index contributed by atoms with van der Waals surface area (Å²) < 4.78 is 14.0. The minimum absolute atomic E-state index is 0.225. The molecule has 3 rings (SSSR count). The third-order valence-corrected chi connectivity index (χ3v) is 4.20. The maximum Gasteiger partial charge on any atom is 0.270 e. The van der Waals surface area contributed by atoms with Gasteiger partial charge in [0.2, 0.25) is 0 Å². The van der Waals surface area contributed by atoms with Crippen LogP contribution in [0.5, 0.6) is 0 Å². The van der Waals surface area contributed by atoms with Gasteiger partial charge in [0, 0.05) is 18.2 Å². The molecule has 7 heteroatoms. The van der Waals surface area contributed by atoms with Crippen LogP contribution in [0.15, 0.2) is 60.7 Å². The van der Waals surface area contributed by atoms with Crippen molar-refractivity contribution in [3.8, 4) is 11.4 Å². The van der Waals surface area contributed by atoms with E-state index < -0.39 is 5.82 Å². The van der Waals surface area contributed by atoms with Crippen molar-refractivity contribution in [1.82, 2.24) is 20.2 Å². The largest absolute Gasteiger partial charge is 0.351 e. The van der Waals surface area contributed by atoms with Gasteiger partial charge in [-0.05, 0) is 39.2 Å². The van der Waals surface area contributed by atoms with Crippen molar-refractivity contribution in [3.05, 3.63) is 72.2 Å². The molecule has 150 valence electrons. The third-order valence-electron chi connectivity index (χ3n) is 4.20. The highest BCUT2D eigenvalue weighted by atomic mass is 19.1. The SMILES string of the molecule is CN(C)CCCNC(=O)c1cc(Nc2ccccc2F)nc(-c2ccccc2)n1. The summed E-state index contributed by atoms with van der Waals surface area (Å²) >= 11 is 0. The van der Waals surface area contributed by atoms with Crippen LogP contribution >= 0.6 is 0 Å². The fourth-order valence-corrected chi connectivity index (χ4v) is 2.73. The molecule has 0 atom stereocenters. The Labute approximate surface area is 169 Å². The summed E-state index contributed by atoms with van der Waals surface area (Å²) in [6.07, 6.45) is 0.829. The molecule has 0 saturated heterocycles. The van der Waals surface area contributed by atoms with Gasteiger partial charge in [0.05, 0.1) is 5.69 Å². The fraction of sp³-hybridized carbons (Fsp3) is 0.227. The van der Waals surface area contributed by atoms with Gasteiger partial charge in [-0.15, -0.1) is 0 Å². The molecule has 29 heavy (non-hydrogen) atoms. The Balaban J connectivity index is 1.87. The van der Waals surface area contributed by atoms with E-state index in [4.69, 9.17) is 0 Å². The lowest BCUT2D eigenvalue weighted by molar-refractivity contribution is 0.0947. The van der Waals surface area contributed by atoms with E-state index >= 15 is 0 Å². The third kappa shape index (κ3) is 5.83. The van der Waals surface area contributed by atoms with E-state index in [2.05, 4.69) is 25.5 Å². The predicted molar refractivity (Wildman–Crippen MR) is 113 cm³/mol. The van der Waals surface area contributed by atoms with Gasteiger partial charge in [-0.3, -0.25) is 4.79 Å². The molecule has 0 unspecified atom stereocenters. The molecule has 2 N–H and O–H groups in total. The van der Waals surface area contributed by atoms with Crippen molar-refractivity contribution in [2.24, 2.45) is 0 Å². The summed E-state index contributed by atoms with van der Waals surface area (Å²) in [5.41, 5.74) is 1.27. The molecule has 0 fully saturated rings.